The molecule has 6 nitrogen and oxygen atoms in total. The zero-order valence-electron chi connectivity index (χ0n) is 12.2. The lowest BCUT2D eigenvalue weighted by Gasteiger charge is -2.02. The van der Waals surface area contributed by atoms with E-state index in [0.29, 0.717) is 6.54 Å². The van der Waals surface area contributed by atoms with Crippen molar-refractivity contribution in [3.63, 3.8) is 0 Å². The van der Waals surface area contributed by atoms with Crippen LogP contribution in [0.5, 0.6) is 0 Å². The van der Waals surface area contributed by atoms with Gasteiger partial charge in [-0.25, -0.2) is 4.98 Å². The van der Waals surface area contributed by atoms with E-state index in [0.717, 1.165) is 36.0 Å². The van der Waals surface area contributed by atoms with Gasteiger partial charge in [-0.2, -0.15) is 5.10 Å². The fourth-order valence-electron chi connectivity index (χ4n) is 2.23. The predicted octanol–water partition coefficient (Wildman–Crippen LogP) is 1.69. The second-order valence-electron chi connectivity index (χ2n) is 4.93. The number of ether oxygens (including phenoxy) is 1. The lowest BCUT2D eigenvalue weighted by Crippen LogP contribution is -2.18. The fraction of sp³-hybridized carbons (Fsp3) is 0.429. The van der Waals surface area contributed by atoms with Crippen molar-refractivity contribution in [1.29, 1.82) is 0 Å². The Labute approximate surface area is 127 Å². The Bertz CT molecular complexity index is 685. The van der Waals surface area contributed by atoms with Gasteiger partial charge in [0.2, 0.25) is 0 Å². The van der Waals surface area contributed by atoms with Gasteiger partial charge in [-0.05, 0) is 6.92 Å². The van der Waals surface area contributed by atoms with Gasteiger partial charge < -0.3 is 10.1 Å². The van der Waals surface area contributed by atoms with Gasteiger partial charge in [-0.1, -0.05) is 0 Å². The van der Waals surface area contributed by atoms with Crippen molar-refractivity contribution in [2.75, 3.05) is 20.3 Å². The van der Waals surface area contributed by atoms with Crippen LogP contribution in [0, 0.1) is 6.92 Å². The molecule has 0 saturated carbocycles. The van der Waals surface area contributed by atoms with Gasteiger partial charge in [-0.15, -0.1) is 11.3 Å². The normalized spacial score (nSPS) is 11.5. The molecule has 0 radical (unpaired) electrons. The number of methoxy groups -OCH3 is 1. The number of thiazole rings is 1. The van der Waals surface area contributed by atoms with Crippen LogP contribution in [0.4, 0.5) is 0 Å². The molecule has 0 aliphatic carbocycles. The molecule has 3 aromatic heterocycles. The van der Waals surface area contributed by atoms with Crippen LogP contribution in [0.3, 0.4) is 0 Å². The Morgan fingerprint density at radius 3 is 3.10 bits per heavy atom. The quantitative estimate of drug-likeness (QED) is 0.675. The molecule has 0 aliphatic heterocycles. The third kappa shape index (κ3) is 3.31. The maximum Gasteiger partial charge on any atom is 0.193 e. The van der Waals surface area contributed by atoms with E-state index in [1.165, 1.54) is 5.56 Å². The van der Waals surface area contributed by atoms with Gasteiger partial charge in [0.25, 0.3) is 0 Å². The summed E-state index contributed by atoms with van der Waals surface area (Å²) >= 11 is 1.64. The molecule has 0 saturated heterocycles. The van der Waals surface area contributed by atoms with E-state index in [2.05, 4.69) is 27.8 Å². The number of aryl methyl sites for hydroxylation is 1. The maximum absolute atomic E-state index is 5.02. The number of nitrogens with zero attached hydrogens (tertiary/aromatic N) is 4. The third-order valence-corrected chi connectivity index (χ3v) is 4.08. The smallest absolute Gasteiger partial charge is 0.193 e. The molecule has 1 N–H and O–H groups in total. The molecule has 112 valence electrons. The second-order valence-corrected chi connectivity index (χ2v) is 5.81. The van der Waals surface area contributed by atoms with Crippen molar-refractivity contribution in [2.24, 2.45) is 0 Å². The van der Waals surface area contributed by atoms with Crippen LogP contribution in [-0.4, -0.2) is 39.4 Å². The maximum atomic E-state index is 5.02. The van der Waals surface area contributed by atoms with Gasteiger partial charge in [0.15, 0.2) is 4.96 Å². The summed E-state index contributed by atoms with van der Waals surface area (Å²) in [5, 5.41) is 9.94. The summed E-state index contributed by atoms with van der Waals surface area (Å²) in [5.74, 6) is 0. The molecule has 0 bridgehead atoms. The molecule has 0 amide bonds. The highest BCUT2D eigenvalue weighted by molar-refractivity contribution is 7.15. The predicted molar refractivity (Wildman–Crippen MR) is 82.7 cm³/mol. The van der Waals surface area contributed by atoms with Crippen LogP contribution >= 0.6 is 11.3 Å². The van der Waals surface area contributed by atoms with Crippen molar-refractivity contribution >= 4 is 16.3 Å². The van der Waals surface area contributed by atoms with E-state index in [1.54, 1.807) is 18.4 Å². The van der Waals surface area contributed by atoms with Crippen molar-refractivity contribution in [1.82, 2.24) is 24.5 Å². The van der Waals surface area contributed by atoms with Crippen LogP contribution in [0.2, 0.25) is 0 Å². The lowest BCUT2D eigenvalue weighted by molar-refractivity contribution is 0.199. The number of aromatic nitrogens is 4. The number of rotatable bonds is 7. The van der Waals surface area contributed by atoms with Crippen LogP contribution < -0.4 is 5.32 Å². The number of hydrogen-bond acceptors (Lipinski definition) is 5. The molecule has 0 spiro atoms. The molecule has 0 atom stereocenters. The first-order chi connectivity index (χ1) is 10.3. The Morgan fingerprint density at radius 2 is 2.29 bits per heavy atom. The molecule has 0 fully saturated rings. The molecular formula is C14H19N5OS. The number of imidazole rings is 1. The molecular weight excluding hydrogens is 286 g/mol. The Kier molecular flexibility index (Phi) is 4.33. The molecule has 21 heavy (non-hydrogen) atoms. The highest BCUT2D eigenvalue weighted by Gasteiger charge is 2.07. The van der Waals surface area contributed by atoms with E-state index in [-0.39, 0.29) is 0 Å². The minimum atomic E-state index is 0.702. The summed E-state index contributed by atoms with van der Waals surface area (Å²) in [7, 11) is 1.71. The molecule has 3 aromatic rings. The average Bonchev–Trinajstić information content (AvgIpc) is 3.11. The van der Waals surface area contributed by atoms with Crippen LogP contribution in [0.1, 0.15) is 17.0 Å². The summed E-state index contributed by atoms with van der Waals surface area (Å²) in [6, 6.07) is 0. The van der Waals surface area contributed by atoms with Crippen molar-refractivity contribution in [3.05, 3.63) is 40.9 Å². The third-order valence-electron chi connectivity index (χ3n) is 3.31. The van der Waals surface area contributed by atoms with E-state index in [4.69, 9.17) is 4.74 Å². The fourth-order valence-corrected chi connectivity index (χ4v) is 2.95. The lowest BCUT2D eigenvalue weighted by atomic mass is 10.2. The van der Waals surface area contributed by atoms with Crippen molar-refractivity contribution < 1.29 is 4.74 Å². The van der Waals surface area contributed by atoms with Gasteiger partial charge in [0.05, 0.1) is 24.5 Å². The number of hydrogen-bond donors (Lipinski definition) is 1. The molecule has 3 heterocycles. The number of nitrogens with one attached hydrogen (secondary N) is 1. The zero-order chi connectivity index (χ0) is 14.7. The van der Waals surface area contributed by atoms with Gasteiger partial charge in [0, 0.05) is 49.7 Å². The largest absolute Gasteiger partial charge is 0.383 e. The SMILES string of the molecule is COCCNCc1cn(Cc2cn3ccsc3n2)nc1C. The monoisotopic (exact) mass is 305 g/mol. The Hall–Kier alpha value is -1.70. The first-order valence-electron chi connectivity index (χ1n) is 6.90. The van der Waals surface area contributed by atoms with Crippen LogP contribution in [0.15, 0.2) is 24.0 Å². The summed E-state index contributed by atoms with van der Waals surface area (Å²) in [5.41, 5.74) is 3.30. The molecule has 0 aliphatic rings. The topological polar surface area (TPSA) is 56.4 Å². The summed E-state index contributed by atoms with van der Waals surface area (Å²) in [6.45, 7) is 5.12. The minimum Gasteiger partial charge on any atom is -0.383 e. The van der Waals surface area contributed by atoms with Gasteiger partial charge >= 0.3 is 0 Å². The minimum absolute atomic E-state index is 0.702. The summed E-state index contributed by atoms with van der Waals surface area (Å²) in [4.78, 5) is 5.61. The molecule has 3 rings (SSSR count). The van der Waals surface area contributed by atoms with Crippen LogP contribution in [-0.2, 0) is 17.8 Å². The van der Waals surface area contributed by atoms with E-state index < -0.39 is 0 Å². The molecule has 0 aromatic carbocycles. The van der Waals surface area contributed by atoms with E-state index in [9.17, 15) is 0 Å². The Balaban J connectivity index is 1.64. The van der Waals surface area contributed by atoms with Crippen molar-refractivity contribution in [2.45, 2.75) is 20.0 Å². The Morgan fingerprint density at radius 1 is 1.38 bits per heavy atom. The highest BCUT2D eigenvalue weighted by atomic mass is 32.1. The summed E-state index contributed by atoms with van der Waals surface area (Å²) < 4.78 is 9.02. The van der Waals surface area contributed by atoms with Crippen LogP contribution in [0.25, 0.3) is 4.96 Å². The van der Waals surface area contributed by atoms with E-state index >= 15 is 0 Å². The average molecular weight is 305 g/mol. The van der Waals surface area contributed by atoms with Crippen molar-refractivity contribution in [3.8, 4) is 0 Å². The van der Waals surface area contributed by atoms with E-state index in [1.807, 2.05) is 27.6 Å². The molecule has 0 unspecified atom stereocenters. The zero-order valence-corrected chi connectivity index (χ0v) is 13.1. The van der Waals surface area contributed by atoms with Gasteiger partial charge in [-0.3, -0.25) is 9.08 Å². The number of fused-ring (bicyclic) bond motifs is 1. The first kappa shape index (κ1) is 14.2. The molecule has 7 heteroatoms. The first-order valence-corrected chi connectivity index (χ1v) is 7.78. The summed E-state index contributed by atoms with van der Waals surface area (Å²) in [6.07, 6.45) is 6.16. The second kappa shape index (κ2) is 6.38. The van der Waals surface area contributed by atoms with Gasteiger partial charge in [0.1, 0.15) is 0 Å². The highest BCUT2D eigenvalue weighted by Crippen LogP contribution is 2.13. The standard InChI is InChI=1S/C14H19N5OS/c1-11-12(7-15-3-5-20-2)8-19(17-11)10-13-9-18-4-6-21-14(18)16-13/h4,6,8-9,15H,3,5,7,10H2,1-2H3.